The van der Waals surface area contributed by atoms with Gasteiger partial charge in [0.05, 0.1) is 13.5 Å². The summed E-state index contributed by atoms with van der Waals surface area (Å²) in [6.07, 6.45) is -0.229. The van der Waals surface area contributed by atoms with Crippen LogP contribution in [0, 0.1) is 5.82 Å². The molecule has 1 aromatic carbocycles. The van der Waals surface area contributed by atoms with Crippen molar-refractivity contribution in [3.05, 3.63) is 29.2 Å². The van der Waals surface area contributed by atoms with E-state index >= 15 is 0 Å². The largest absolute Gasteiger partial charge is 0.494 e. The third-order valence-corrected chi connectivity index (χ3v) is 3.08. The summed E-state index contributed by atoms with van der Waals surface area (Å²) in [5.74, 6) is -1.41. The van der Waals surface area contributed by atoms with Gasteiger partial charge >= 0.3 is 5.97 Å². The van der Waals surface area contributed by atoms with Crippen LogP contribution < -0.4 is 4.74 Å². The van der Waals surface area contributed by atoms with Crippen molar-refractivity contribution in [1.82, 2.24) is 9.88 Å². The number of ether oxygens (including phenoxy) is 1. The lowest BCUT2D eigenvalue weighted by molar-refractivity contribution is -0.136. The molecule has 0 unspecified atom stereocenters. The molecule has 108 valence electrons. The fourth-order valence-electron chi connectivity index (χ4n) is 2.30. The summed E-state index contributed by atoms with van der Waals surface area (Å²) in [4.78, 5) is 16.0. The van der Waals surface area contributed by atoms with Crippen molar-refractivity contribution in [2.75, 3.05) is 21.2 Å². The molecule has 0 fully saturated rings. The third-order valence-electron chi connectivity index (χ3n) is 3.08. The molecule has 20 heavy (non-hydrogen) atoms. The zero-order chi connectivity index (χ0) is 14.9. The number of hydrogen-bond acceptors (Lipinski definition) is 3. The Morgan fingerprint density at radius 2 is 2.15 bits per heavy atom. The molecule has 1 aromatic heterocycles. The fraction of sp³-hybridized carbons (Fsp3) is 0.357. The Hall–Kier alpha value is -2.08. The summed E-state index contributed by atoms with van der Waals surface area (Å²) in [5.41, 5.74) is 1.76. The highest BCUT2D eigenvalue weighted by atomic mass is 19.1. The minimum absolute atomic E-state index is 0.111. The van der Waals surface area contributed by atoms with E-state index in [-0.39, 0.29) is 12.2 Å². The summed E-state index contributed by atoms with van der Waals surface area (Å²) in [5, 5.41) is 9.33. The van der Waals surface area contributed by atoms with Crippen LogP contribution in [-0.2, 0) is 17.8 Å². The second-order valence-electron chi connectivity index (χ2n) is 4.89. The number of fused-ring (bicyclic) bond motifs is 1. The Balaban J connectivity index is 2.67. The maximum atomic E-state index is 14.4. The van der Waals surface area contributed by atoms with Crippen LogP contribution in [0.2, 0.25) is 0 Å². The molecule has 0 aliphatic rings. The van der Waals surface area contributed by atoms with Gasteiger partial charge in [0.25, 0.3) is 0 Å². The van der Waals surface area contributed by atoms with Crippen LogP contribution in [0.15, 0.2) is 12.1 Å². The average Bonchev–Trinajstić information content (AvgIpc) is 2.67. The molecule has 0 radical (unpaired) electrons. The first-order chi connectivity index (χ1) is 9.43. The molecule has 0 aliphatic heterocycles. The first-order valence-electron chi connectivity index (χ1n) is 6.16. The Bertz CT molecular complexity index is 649. The molecular weight excluding hydrogens is 263 g/mol. The molecule has 6 heteroatoms. The summed E-state index contributed by atoms with van der Waals surface area (Å²) < 4.78 is 19.3. The molecule has 0 aliphatic carbocycles. The van der Waals surface area contributed by atoms with E-state index in [0.29, 0.717) is 28.7 Å². The number of methoxy groups -OCH3 is 1. The highest BCUT2D eigenvalue weighted by molar-refractivity contribution is 5.90. The lowest BCUT2D eigenvalue weighted by atomic mass is 10.1. The number of halogens is 1. The molecule has 0 atom stereocenters. The van der Waals surface area contributed by atoms with E-state index in [4.69, 9.17) is 9.84 Å². The maximum Gasteiger partial charge on any atom is 0.307 e. The van der Waals surface area contributed by atoms with Crippen molar-refractivity contribution in [2.24, 2.45) is 0 Å². The maximum absolute atomic E-state index is 14.4. The number of carboxylic acid groups (broad SMARTS) is 1. The SMILES string of the molecule is COc1ccc2[nH]c(CN(C)C)c(CC(=O)O)c2c1F. The Morgan fingerprint density at radius 1 is 1.45 bits per heavy atom. The van der Waals surface area contributed by atoms with Crippen LogP contribution in [-0.4, -0.2) is 42.2 Å². The van der Waals surface area contributed by atoms with E-state index in [9.17, 15) is 9.18 Å². The summed E-state index contributed by atoms with van der Waals surface area (Å²) in [7, 11) is 5.12. The number of hydrogen-bond donors (Lipinski definition) is 2. The van der Waals surface area contributed by atoms with Crippen molar-refractivity contribution < 1.29 is 19.0 Å². The quantitative estimate of drug-likeness (QED) is 0.879. The fourth-order valence-corrected chi connectivity index (χ4v) is 2.30. The van der Waals surface area contributed by atoms with Gasteiger partial charge in [-0.1, -0.05) is 0 Å². The van der Waals surface area contributed by atoms with Crippen LogP contribution in [0.25, 0.3) is 10.9 Å². The van der Waals surface area contributed by atoms with E-state index in [2.05, 4.69) is 4.98 Å². The zero-order valence-electron chi connectivity index (χ0n) is 11.7. The van der Waals surface area contributed by atoms with Crippen LogP contribution in [0.1, 0.15) is 11.3 Å². The van der Waals surface area contributed by atoms with E-state index in [0.717, 1.165) is 0 Å². The highest BCUT2D eigenvalue weighted by Crippen LogP contribution is 2.31. The standard InChI is InChI=1S/C14H17FN2O3/c1-17(2)7-10-8(6-12(18)19)13-9(16-10)4-5-11(20-3)14(13)15/h4-5,16H,6-7H2,1-3H3,(H,18,19). The van der Waals surface area contributed by atoms with Gasteiger partial charge in [0.2, 0.25) is 0 Å². The van der Waals surface area contributed by atoms with Gasteiger partial charge in [-0.15, -0.1) is 0 Å². The number of aromatic nitrogens is 1. The molecule has 1 heterocycles. The van der Waals surface area contributed by atoms with E-state index in [1.54, 1.807) is 6.07 Å². The molecule has 5 nitrogen and oxygen atoms in total. The van der Waals surface area contributed by atoms with Gasteiger partial charge < -0.3 is 19.7 Å². The van der Waals surface area contributed by atoms with Gasteiger partial charge in [0.1, 0.15) is 0 Å². The van der Waals surface area contributed by atoms with E-state index in [1.807, 2.05) is 19.0 Å². The summed E-state index contributed by atoms with van der Waals surface area (Å²) in [6, 6.07) is 3.22. The number of carbonyl (C=O) groups is 1. The van der Waals surface area contributed by atoms with Crippen LogP contribution >= 0.6 is 0 Å². The predicted octanol–water partition coefficient (Wildman–Crippen LogP) is 2.00. The number of rotatable bonds is 5. The summed E-state index contributed by atoms with van der Waals surface area (Å²) >= 11 is 0. The first kappa shape index (κ1) is 14.3. The third kappa shape index (κ3) is 2.60. The van der Waals surface area contributed by atoms with Gasteiger partial charge in [-0.2, -0.15) is 0 Å². The molecule has 0 amide bonds. The smallest absolute Gasteiger partial charge is 0.307 e. The number of aliphatic carboxylic acids is 1. The zero-order valence-corrected chi connectivity index (χ0v) is 11.7. The number of nitrogens with one attached hydrogen (secondary N) is 1. The molecule has 0 spiro atoms. The van der Waals surface area contributed by atoms with Gasteiger partial charge in [0, 0.05) is 23.1 Å². The van der Waals surface area contributed by atoms with Crippen molar-refractivity contribution in [3.63, 3.8) is 0 Å². The Kier molecular flexibility index (Phi) is 3.94. The van der Waals surface area contributed by atoms with Crippen LogP contribution in [0.5, 0.6) is 5.75 Å². The predicted molar refractivity (Wildman–Crippen MR) is 73.5 cm³/mol. The van der Waals surface area contributed by atoms with E-state index in [1.165, 1.54) is 13.2 Å². The van der Waals surface area contributed by atoms with Gasteiger partial charge in [-0.05, 0) is 31.8 Å². The average molecular weight is 280 g/mol. The van der Waals surface area contributed by atoms with Crippen LogP contribution in [0.3, 0.4) is 0 Å². The Labute approximate surface area is 116 Å². The number of nitrogens with zero attached hydrogens (tertiary/aromatic N) is 1. The monoisotopic (exact) mass is 280 g/mol. The number of carboxylic acids is 1. The minimum atomic E-state index is -0.992. The van der Waals surface area contributed by atoms with Gasteiger partial charge in [-0.25, -0.2) is 4.39 Å². The number of benzene rings is 1. The van der Waals surface area contributed by atoms with Gasteiger partial charge in [-0.3, -0.25) is 4.79 Å². The molecule has 2 aromatic rings. The normalized spacial score (nSPS) is 11.2. The topological polar surface area (TPSA) is 65.6 Å². The lowest BCUT2D eigenvalue weighted by Crippen LogP contribution is -2.13. The molecular formula is C14H17FN2O3. The van der Waals surface area contributed by atoms with E-state index < -0.39 is 11.8 Å². The second-order valence-corrected chi connectivity index (χ2v) is 4.89. The van der Waals surface area contributed by atoms with Crippen molar-refractivity contribution >= 4 is 16.9 Å². The molecule has 0 saturated carbocycles. The van der Waals surface area contributed by atoms with Crippen molar-refractivity contribution in [1.29, 1.82) is 0 Å². The number of H-pyrrole nitrogens is 1. The molecule has 2 rings (SSSR count). The summed E-state index contributed by atoms with van der Waals surface area (Å²) in [6.45, 7) is 0.513. The van der Waals surface area contributed by atoms with Crippen LogP contribution in [0.4, 0.5) is 4.39 Å². The van der Waals surface area contributed by atoms with Gasteiger partial charge in [0.15, 0.2) is 11.6 Å². The number of aromatic amines is 1. The second kappa shape index (κ2) is 5.50. The Morgan fingerprint density at radius 3 is 2.70 bits per heavy atom. The van der Waals surface area contributed by atoms with Crippen molar-refractivity contribution in [3.8, 4) is 5.75 Å². The highest BCUT2D eigenvalue weighted by Gasteiger charge is 2.20. The minimum Gasteiger partial charge on any atom is -0.494 e. The molecule has 2 N–H and O–H groups in total. The lowest BCUT2D eigenvalue weighted by Gasteiger charge is -2.09. The van der Waals surface area contributed by atoms with Crippen molar-refractivity contribution in [2.45, 2.75) is 13.0 Å². The molecule has 0 saturated heterocycles. The molecule has 0 bridgehead atoms. The first-order valence-corrected chi connectivity index (χ1v) is 6.16.